The number of aromatic nitrogens is 1. The molecule has 1 fully saturated rings. The molecule has 1 amide bonds. The highest BCUT2D eigenvalue weighted by Crippen LogP contribution is 2.31. The van der Waals surface area contributed by atoms with E-state index in [1.54, 1.807) is 13.2 Å². The molecule has 1 aromatic rings. The number of thioether (sulfide) groups is 1. The molecule has 0 radical (unpaired) electrons. The Bertz CT molecular complexity index is 493. The van der Waals surface area contributed by atoms with Crippen molar-refractivity contribution < 1.29 is 4.79 Å². The van der Waals surface area contributed by atoms with E-state index in [9.17, 15) is 4.79 Å². The second kappa shape index (κ2) is 5.71. The van der Waals surface area contributed by atoms with Crippen LogP contribution in [0.3, 0.4) is 0 Å². The van der Waals surface area contributed by atoms with E-state index in [0.29, 0.717) is 11.4 Å². The van der Waals surface area contributed by atoms with Gasteiger partial charge in [0.2, 0.25) is 0 Å². The maximum atomic E-state index is 12.6. The number of amides is 1. The quantitative estimate of drug-likeness (QED) is 0.896. The summed E-state index contributed by atoms with van der Waals surface area (Å²) in [7, 11) is 1.78. The average molecular weight is 344 g/mol. The minimum atomic E-state index is 0.0477. The summed E-state index contributed by atoms with van der Waals surface area (Å²) in [4.78, 5) is 18.8. The van der Waals surface area contributed by atoms with Crippen molar-refractivity contribution >= 4 is 39.4 Å². The predicted molar refractivity (Wildman–Crippen MR) is 83.9 cm³/mol. The van der Waals surface area contributed by atoms with E-state index in [4.69, 9.17) is 0 Å². The molecule has 2 rings (SSSR count). The van der Waals surface area contributed by atoms with Crippen molar-refractivity contribution in [2.24, 2.45) is 0 Å². The Morgan fingerprint density at radius 2 is 2.32 bits per heavy atom. The molecule has 0 bridgehead atoms. The van der Waals surface area contributed by atoms with Crippen LogP contribution in [0.5, 0.6) is 0 Å². The molecule has 4 nitrogen and oxygen atoms in total. The van der Waals surface area contributed by atoms with Gasteiger partial charge in [0.05, 0.1) is 5.56 Å². The van der Waals surface area contributed by atoms with E-state index >= 15 is 0 Å². The third kappa shape index (κ3) is 3.42. The van der Waals surface area contributed by atoms with Crippen molar-refractivity contribution in [3.8, 4) is 0 Å². The van der Waals surface area contributed by atoms with Gasteiger partial charge >= 0.3 is 0 Å². The highest BCUT2D eigenvalue weighted by Gasteiger charge is 2.31. The van der Waals surface area contributed by atoms with E-state index in [1.165, 1.54) is 0 Å². The van der Waals surface area contributed by atoms with Crippen LogP contribution < -0.4 is 5.32 Å². The van der Waals surface area contributed by atoms with E-state index in [0.717, 1.165) is 23.3 Å². The Labute approximate surface area is 126 Å². The number of hydrogen-bond donors (Lipinski definition) is 1. The molecule has 0 aliphatic carbocycles. The van der Waals surface area contributed by atoms with Gasteiger partial charge in [0, 0.05) is 41.3 Å². The minimum Gasteiger partial charge on any atom is -0.372 e. The summed E-state index contributed by atoms with van der Waals surface area (Å²) in [6.45, 7) is 5.92. The molecule has 2 heterocycles. The second-order valence-electron chi connectivity index (χ2n) is 5.13. The summed E-state index contributed by atoms with van der Waals surface area (Å²) in [5.74, 6) is 1.66. The number of pyridine rings is 1. The first-order valence-corrected chi connectivity index (χ1v) is 7.97. The molecule has 0 aromatic carbocycles. The van der Waals surface area contributed by atoms with Gasteiger partial charge in [-0.3, -0.25) is 4.79 Å². The van der Waals surface area contributed by atoms with Crippen molar-refractivity contribution in [1.29, 1.82) is 0 Å². The fourth-order valence-electron chi connectivity index (χ4n) is 2.16. The molecule has 0 spiro atoms. The molecule has 0 unspecified atom stereocenters. The van der Waals surface area contributed by atoms with Crippen LogP contribution in [0.2, 0.25) is 0 Å². The van der Waals surface area contributed by atoms with Crippen LogP contribution in [-0.2, 0) is 0 Å². The summed E-state index contributed by atoms with van der Waals surface area (Å²) in [6, 6.07) is 1.83. The zero-order valence-electron chi connectivity index (χ0n) is 11.4. The molecule has 6 heteroatoms. The summed E-state index contributed by atoms with van der Waals surface area (Å²) >= 11 is 5.29. The van der Waals surface area contributed by atoms with Crippen molar-refractivity contribution in [3.63, 3.8) is 0 Å². The van der Waals surface area contributed by atoms with Gasteiger partial charge in [0.25, 0.3) is 5.91 Å². The standard InChI is InChI=1S/C13H18BrN3OS/c1-13(2)8-17(4-5-19-13)12(18)10-6-9(14)7-16-11(10)15-3/h6-7H,4-5,8H2,1-3H3,(H,15,16). The molecular formula is C13H18BrN3OS. The van der Waals surface area contributed by atoms with E-state index in [-0.39, 0.29) is 10.7 Å². The molecule has 0 saturated carbocycles. The van der Waals surface area contributed by atoms with Gasteiger partial charge in [-0.15, -0.1) is 0 Å². The lowest BCUT2D eigenvalue weighted by Crippen LogP contribution is -2.46. The lowest BCUT2D eigenvalue weighted by Gasteiger charge is -2.37. The zero-order valence-corrected chi connectivity index (χ0v) is 13.8. The van der Waals surface area contributed by atoms with Crippen LogP contribution in [0.25, 0.3) is 0 Å². The largest absolute Gasteiger partial charge is 0.372 e. The highest BCUT2D eigenvalue weighted by molar-refractivity contribution is 9.10. The first kappa shape index (κ1) is 14.7. The summed E-state index contributed by atoms with van der Waals surface area (Å²) in [6.07, 6.45) is 1.69. The first-order chi connectivity index (χ1) is 8.93. The van der Waals surface area contributed by atoms with Crippen LogP contribution in [0.1, 0.15) is 24.2 Å². The molecule has 1 aromatic heterocycles. The summed E-state index contributed by atoms with van der Waals surface area (Å²) in [5.41, 5.74) is 0.625. The SMILES string of the molecule is CNc1ncc(Br)cc1C(=O)N1CCSC(C)(C)C1. The topological polar surface area (TPSA) is 45.2 Å². The van der Waals surface area contributed by atoms with Crippen molar-refractivity contribution in [2.75, 3.05) is 31.2 Å². The highest BCUT2D eigenvalue weighted by atomic mass is 79.9. The number of rotatable bonds is 2. The Morgan fingerprint density at radius 3 is 2.95 bits per heavy atom. The van der Waals surface area contributed by atoms with Crippen LogP contribution in [-0.4, -0.2) is 46.4 Å². The molecule has 104 valence electrons. The summed E-state index contributed by atoms with van der Waals surface area (Å²) < 4.78 is 0.938. The van der Waals surface area contributed by atoms with Gasteiger partial charge in [-0.2, -0.15) is 11.8 Å². The number of nitrogens with one attached hydrogen (secondary N) is 1. The van der Waals surface area contributed by atoms with Gasteiger partial charge < -0.3 is 10.2 Å². The number of carbonyl (C=O) groups excluding carboxylic acids is 1. The Morgan fingerprint density at radius 1 is 1.58 bits per heavy atom. The Kier molecular flexibility index (Phi) is 4.40. The molecule has 19 heavy (non-hydrogen) atoms. The minimum absolute atomic E-state index is 0.0477. The lowest BCUT2D eigenvalue weighted by atomic mass is 10.1. The molecule has 0 atom stereocenters. The normalized spacial score (nSPS) is 18.2. The predicted octanol–water partition coefficient (Wildman–Crippen LogP) is 2.85. The van der Waals surface area contributed by atoms with Gasteiger partial charge in [0.1, 0.15) is 5.82 Å². The second-order valence-corrected chi connectivity index (χ2v) is 7.85. The monoisotopic (exact) mass is 343 g/mol. The number of carbonyl (C=O) groups is 1. The number of nitrogens with zero attached hydrogens (tertiary/aromatic N) is 2. The van der Waals surface area contributed by atoms with Crippen LogP contribution in [0.4, 0.5) is 5.82 Å². The number of anilines is 1. The molecule has 1 saturated heterocycles. The zero-order chi connectivity index (χ0) is 14.0. The molecule has 1 aliphatic rings. The Balaban J connectivity index is 2.26. The van der Waals surface area contributed by atoms with E-state index < -0.39 is 0 Å². The van der Waals surface area contributed by atoms with Gasteiger partial charge in [-0.1, -0.05) is 0 Å². The number of hydrogen-bond acceptors (Lipinski definition) is 4. The fourth-order valence-corrected chi connectivity index (χ4v) is 3.60. The molecular weight excluding hydrogens is 326 g/mol. The smallest absolute Gasteiger partial charge is 0.257 e. The van der Waals surface area contributed by atoms with Crippen LogP contribution in [0, 0.1) is 0 Å². The van der Waals surface area contributed by atoms with Crippen LogP contribution >= 0.6 is 27.7 Å². The van der Waals surface area contributed by atoms with Crippen LogP contribution in [0.15, 0.2) is 16.7 Å². The first-order valence-electron chi connectivity index (χ1n) is 6.19. The molecule has 1 N–H and O–H groups in total. The maximum absolute atomic E-state index is 12.6. The lowest BCUT2D eigenvalue weighted by molar-refractivity contribution is 0.0748. The van der Waals surface area contributed by atoms with Gasteiger partial charge in [0.15, 0.2) is 0 Å². The molecule has 1 aliphatic heterocycles. The van der Waals surface area contributed by atoms with Crippen molar-refractivity contribution in [2.45, 2.75) is 18.6 Å². The maximum Gasteiger partial charge on any atom is 0.257 e. The summed E-state index contributed by atoms with van der Waals surface area (Å²) in [5, 5.41) is 2.98. The van der Waals surface area contributed by atoms with Gasteiger partial charge in [-0.05, 0) is 35.8 Å². The average Bonchev–Trinajstić information content (AvgIpc) is 2.36. The van der Waals surface area contributed by atoms with Crippen molar-refractivity contribution in [1.82, 2.24) is 9.88 Å². The third-order valence-electron chi connectivity index (χ3n) is 3.03. The van der Waals surface area contributed by atoms with Crippen molar-refractivity contribution in [3.05, 3.63) is 22.3 Å². The van der Waals surface area contributed by atoms with E-state index in [1.807, 2.05) is 22.7 Å². The fraction of sp³-hybridized carbons (Fsp3) is 0.538. The van der Waals surface area contributed by atoms with E-state index in [2.05, 4.69) is 40.1 Å². The van der Waals surface area contributed by atoms with Gasteiger partial charge in [-0.25, -0.2) is 4.98 Å². The number of halogens is 1. The Hall–Kier alpha value is -0.750. The third-order valence-corrected chi connectivity index (χ3v) is 4.77.